The van der Waals surface area contributed by atoms with E-state index < -0.39 is 26.9 Å². The molecule has 0 aliphatic rings. The third-order valence-electron chi connectivity index (χ3n) is 4.63. The van der Waals surface area contributed by atoms with Crippen LogP contribution in [0, 0.1) is 10.1 Å². The van der Waals surface area contributed by atoms with Crippen LogP contribution in [0.1, 0.15) is 31.9 Å². The largest absolute Gasteiger partial charge is 0.324 e. The number of rotatable bonds is 8. The topological polar surface area (TPSA) is 110 Å². The van der Waals surface area contributed by atoms with Crippen LogP contribution >= 0.6 is 0 Å². The lowest BCUT2D eigenvalue weighted by atomic mass is 10.0. The maximum Gasteiger partial charge on any atom is 0.271 e. The Hall–Kier alpha value is -2.94. The van der Waals surface area contributed by atoms with Crippen molar-refractivity contribution in [3.05, 3.63) is 63.7 Å². The molecule has 1 amide bonds. The zero-order valence-electron chi connectivity index (χ0n) is 16.9. The fraction of sp³-hybridized carbons (Fsp3) is 0.350. The van der Waals surface area contributed by atoms with Crippen molar-refractivity contribution in [1.29, 1.82) is 0 Å². The lowest BCUT2D eigenvalue weighted by Gasteiger charge is -2.28. The quantitative estimate of drug-likeness (QED) is 0.520. The van der Waals surface area contributed by atoms with Crippen molar-refractivity contribution >= 4 is 33.0 Å². The first-order valence-electron chi connectivity index (χ1n) is 9.25. The number of amides is 1. The first kappa shape index (κ1) is 22.4. The number of carbonyl (C=O) groups excluding carboxylic acids is 1. The van der Waals surface area contributed by atoms with Crippen LogP contribution in [0.15, 0.2) is 42.5 Å². The summed E-state index contributed by atoms with van der Waals surface area (Å²) in [4.78, 5) is 23.4. The van der Waals surface area contributed by atoms with E-state index in [0.29, 0.717) is 18.5 Å². The summed E-state index contributed by atoms with van der Waals surface area (Å²) in [7, 11) is -3.88. The van der Waals surface area contributed by atoms with Crippen LogP contribution in [0.4, 0.5) is 17.1 Å². The molecule has 2 aromatic rings. The minimum atomic E-state index is -3.88. The molecule has 2 rings (SSSR count). The van der Waals surface area contributed by atoms with Gasteiger partial charge in [-0.1, -0.05) is 38.1 Å². The van der Waals surface area contributed by atoms with Crippen LogP contribution in [0.5, 0.6) is 0 Å². The van der Waals surface area contributed by atoms with Gasteiger partial charge in [0, 0.05) is 17.8 Å². The van der Waals surface area contributed by atoms with Crippen LogP contribution in [0.2, 0.25) is 0 Å². The smallest absolute Gasteiger partial charge is 0.271 e. The number of para-hydroxylation sites is 1. The van der Waals surface area contributed by atoms with Gasteiger partial charge in [0.25, 0.3) is 5.69 Å². The summed E-state index contributed by atoms with van der Waals surface area (Å²) in [6.07, 6.45) is 2.38. The molecule has 0 aliphatic carbocycles. The number of nitro groups is 1. The predicted octanol–water partition coefficient (Wildman–Crippen LogP) is 3.51. The predicted molar refractivity (Wildman–Crippen MR) is 114 cm³/mol. The maximum absolute atomic E-state index is 13.0. The first-order valence-corrected chi connectivity index (χ1v) is 11.1. The second kappa shape index (κ2) is 9.04. The number of nitrogens with one attached hydrogen (secondary N) is 1. The number of hydrogen-bond acceptors (Lipinski definition) is 5. The number of non-ortho nitro benzene ring substituents is 1. The Bertz CT molecular complexity index is 998. The molecule has 29 heavy (non-hydrogen) atoms. The molecule has 1 atom stereocenters. The van der Waals surface area contributed by atoms with Gasteiger partial charge >= 0.3 is 0 Å². The van der Waals surface area contributed by atoms with E-state index in [0.717, 1.165) is 27.8 Å². The molecule has 8 nitrogen and oxygen atoms in total. The highest BCUT2D eigenvalue weighted by molar-refractivity contribution is 7.92. The monoisotopic (exact) mass is 419 g/mol. The van der Waals surface area contributed by atoms with Crippen molar-refractivity contribution in [1.82, 2.24) is 0 Å². The van der Waals surface area contributed by atoms with Gasteiger partial charge in [-0.2, -0.15) is 0 Å². The lowest BCUT2D eigenvalue weighted by molar-refractivity contribution is -0.384. The van der Waals surface area contributed by atoms with Crippen molar-refractivity contribution in [2.45, 2.75) is 39.7 Å². The Balaban J connectivity index is 2.44. The van der Waals surface area contributed by atoms with E-state index >= 15 is 0 Å². The lowest BCUT2D eigenvalue weighted by Crippen LogP contribution is -2.45. The highest BCUT2D eigenvalue weighted by atomic mass is 32.2. The number of aryl methyl sites for hydroxylation is 2. The van der Waals surface area contributed by atoms with Crippen LogP contribution in [0.3, 0.4) is 0 Å². The summed E-state index contributed by atoms with van der Waals surface area (Å²) in [6.45, 7) is 5.40. The molecule has 1 N–H and O–H groups in total. The van der Waals surface area contributed by atoms with E-state index in [1.165, 1.54) is 25.1 Å². The fourth-order valence-electron chi connectivity index (χ4n) is 3.18. The Morgan fingerprint density at radius 3 is 2.17 bits per heavy atom. The molecule has 0 aliphatic heterocycles. The standard InChI is InChI=1S/C20H25N3O5S/c1-5-15-9-7-10-16(6-2)19(15)21-20(24)14(3)22(29(4,27)28)17-11-8-12-18(13-17)23(25)26/h7-14H,5-6H2,1-4H3,(H,21,24)/t14-/m1/s1. The third-order valence-corrected chi connectivity index (χ3v) is 5.87. The average Bonchev–Trinajstić information content (AvgIpc) is 2.67. The van der Waals surface area contributed by atoms with Gasteiger partial charge in [-0.05, 0) is 37.0 Å². The molecule has 2 aromatic carbocycles. The molecular formula is C20H25N3O5S. The number of carbonyl (C=O) groups is 1. The molecule has 0 radical (unpaired) electrons. The van der Waals surface area contributed by atoms with Gasteiger partial charge in [0.15, 0.2) is 0 Å². The second-order valence-electron chi connectivity index (χ2n) is 6.66. The van der Waals surface area contributed by atoms with Crippen LogP contribution in [-0.2, 0) is 27.7 Å². The maximum atomic E-state index is 13.0. The molecule has 9 heteroatoms. The molecule has 0 unspecified atom stereocenters. The Kier molecular flexibility index (Phi) is 6.97. The zero-order chi connectivity index (χ0) is 21.8. The SMILES string of the molecule is CCc1cccc(CC)c1NC(=O)[C@@H](C)N(c1cccc([N+](=O)[O-])c1)S(C)(=O)=O. The molecule has 0 aromatic heterocycles. The second-order valence-corrected chi connectivity index (χ2v) is 8.52. The molecule has 0 bridgehead atoms. The van der Waals surface area contributed by atoms with Crippen molar-refractivity contribution in [3.63, 3.8) is 0 Å². The van der Waals surface area contributed by atoms with Gasteiger partial charge in [0.05, 0.1) is 16.9 Å². The summed E-state index contributed by atoms with van der Waals surface area (Å²) >= 11 is 0. The average molecular weight is 420 g/mol. The van der Waals surface area contributed by atoms with Crippen LogP contribution < -0.4 is 9.62 Å². The van der Waals surface area contributed by atoms with E-state index in [9.17, 15) is 23.3 Å². The minimum absolute atomic E-state index is 0.0591. The minimum Gasteiger partial charge on any atom is -0.324 e. The van der Waals surface area contributed by atoms with Crippen molar-refractivity contribution < 1.29 is 18.1 Å². The fourth-order valence-corrected chi connectivity index (χ4v) is 4.35. The number of nitro benzene ring substituents is 1. The number of hydrogen-bond donors (Lipinski definition) is 1. The molecule has 0 spiro atoms. The third kappa shape index (κ3) is 5.11. The number of anilines is 2. The normalized spacial score (nSPS) is 12.3. The van der Waals surface area contributed by atoms with Gasteiger partial charge in [-0.15, -0.1) is 0 Å². The van der Waals surface area contributed by atoms with Crippen molar-refractivity contribution in [3.8, 4) is 0 Å². The van der Waals surface area contributed by atoms with E-state index in [1.807, 2.05) is 32.0 Å². The Labute approximate surface area is 170 Å². The summed E-state index contributed by atoms with van der Waals surface area (Å²) in [5.74, 6) is -0.516. The van der Waals surface area contributed by atoms with Gasteiger partial charge in [0.2, 0.25) is 15.9 Å². The molecular weight excluding hydrogens is 394 g/mol. The molecule has 156 valence electrons. The van der Waals surface area contributed by atoms with Crippen LogP contribution in [-0.4, -0.2) is 31.5 Å². The van der Waals surface area contributed by atoms with Crippen molar-refractivity contribution in [2.75, 3.05) is 15.9 Å². The molecule has 0 saturated carbocycles. The summed E-state index contributed by atoms with van der Waals surface area (Å²) in [5, 5.41) is 13.9. The van der Waals surface area contributed by atoms with Crippen LogP contribution in [0.25, 0.3) is 0 Å². The highest BCUT2D eigenvalue weighted by Gasteiger charge is 2.30. The molecule has 0 saturated heterocycles. The Morgan fingerprint density at radius 2 is 1.69 bits per heavy atom. The van der Waals surface area contributed by atoms with E-state index in [-0.39, 0.29) is 11.4 Å². The number of sulfonamides is 1. The summed E-state index contributed by atoms with van der Waals surface area (Å²) in [5.41, 5.74) is 2.39. The van der Waals surface area contributed by atoms with E-state index in [4.69, 9.17) is 0 Å². The molecule has 0 fully saturated rings. The van der Waals surface area contributed by atoms with Gasteiger partial charge in [-0.25, -0.2) is 8.42 Å². The van der Waals surface area contributed by atoms with E-state index in [2.05, 4.69) is 5.32 Å². The summed E-state index contributed by atoms with van der Waals surface area (Å²) < 4.78 is 25.8. The number of nitrogens with zero attached hydrogens (tertiary/aromatic N) is 2. The van der Waals surface area contributed by atoms with Gasteiger partial charge < -0.3 is 5.32 Å². The molecule has 0 heterocycles. The highest BCUT2D eigenvalue weighted by Crippen LogP contribution is 2.27. The first-order chi connectivity index (χ1) is 13.6. The number of benzene rings is 2. The zero-order valence-corrected chi connectivity index (χ0v) is 17.7. The summed E-state index contributed by atoms with van der Waals surface area (Å²) in [6, 6.07) is 9.85. The van der Waals surface area contributed by atoms with Crippen molar-refractivity contribution in [2.24, 2.45) is 0 Å². The Morgan fingerprint density at radius 1 is 1.14 bits per heavy atom. The van der Waals surface area contributed by atoms with Gasteiger partial charge in [0.1, 0.15) is 6.04 Å². The van der Waals surface area contributed by atoms with E-state index in [1.54, 1.807) is 0 Å². The van der Waals surface area contributed by atoms with Gasteiger partial charge in [-0.3, -0.25) is 19.2 Å².